The topological polar surface area (TPSA) is 131 Å². The Morgan fingerprint density at radius 2 is 1.89 bits per heavy atom. The quantitative estimate of drug-likeness (QED) is 0.625. The third-order valence-electron chi connectivity index (χ3n) is 3.81. The second kappa shape index (κ2) is 8.84. The fourth-order valence-corrected chi connectivity index (χ4v) is 2.30. The second-order valence-electron chi connectivity index (χ2n) is 5.98. The second-order valence-corrected chi connectivity index (χ2v) is 5.98. The molecule has 0 aliphatic heterocycles. The summed E-state index contributed by atoms with van der Waals surface area (Å²) in [6.07, 6.45) is 0.0903. The van der Waals surface area contributed by atoms with Gasteiger partial charge in [-0.15, -0.1) is 0 Å². The first kappa shape index (κ1) is 20.0. The molecule has 0 aliphatic rings. The lowest BCUT2D eigenvalue weighted by Gasteiger charge is -2.18. The van der Waals surface area contributed by atoms with Crippen LogP contribution in [0.25, 0.3) is 0 Å². The summed E-state index contributed by atoms with van der Waals surface area (Å²) in [6, 6.07) is 6.19. The summed E-state index contributed by atoms with van der Waals surface area (Å²) in [4.78, 5) is 35.7. The molecule has 27 heavy (non-hydrogen) atoms. The Bertz CT molecular complexity index is 815. The minimum atomic E-state index is -1.18. The zero-order valence-corrected chi connectivity index (χ0v) is 15.2. The molecule has 0 bridgehead atoms. The normalized spacial score (nSPS) is 12.7. The summed E-state index contributed by atoms with van der Waals surface area (Å²) >= 11 is 0. The van der Waals surface area contributed by atoms with Gasteiger partial charge in [0.15, 0.2) is 0 Å². The molecule has 9 nitrogen and oxygen atoms in total. The van der Waals surface area contributed by atoms with E-state index in [0.717, 1.165) is 5.56 Å². The molecule has 0 saturated heterocycles. The largest absolute Gasteiger partial charge is 0.497 e. The molecule has 0 unspecified atom stereocenters. The number of aryl methyl sites for hydroxylation is 1. The Morgan fingerprint density at radius 1 is 1.22 bits per heavy atom. The number of ether oxygens (including phenoxy) is 1. The molecule has 2 aromatic rings. The van der Waals surface area contributed by atoms with Gasteiger partial charge in [-0.3, -0.25) is 9.59 Å². The molecule has 2 amide bonds. The number of methoxy groups -OCH3 is 1. The molecule has 144 valence electrons. The zero-order chi connectivity index (χ0) is 20.0. The molecule has 0 aliphatic carbocycles. The number of nitrogens with one attached hydrogen (secondary N) is 2. The fraction of sp³-hybridized carbons (Fsp3) is 0.333. The van der Waals surface area contributed by atoms with Gasteiger partial charge in [-0.25, -0.2) is 4.79 Å². The van der Waals surface area contributed by atoms with Crippen molar-refractivity contribution in [2.24, 2.45) is 0 Å². The summed E-state index contributed by atoms with van der Waals surface area (Å²) in [5.74, 6) is -1.79. The van der Waals surface area contributed by atoms with E-state index in [0.29, 0.717) is 11.4 Å². The van der Waals surface area contributed by atoms with E-state index in [1.807, 2.05) is 0 Å². The van der Waals surface area contributed by atoms with Crippen LogP contribution in [0, 0.1) is 6.92 Å². The predicted octanol–water partition coefficient (Wildman–Crippen LogP) is 0.922. The van der Waals surface area contributed by atoms with Crippen molar-refractivity contribution in [2.75, 3.05) is 7.11 Å². The lowest BCUT2D eigenvalue weighted by Crippen LogP contribution is -2.51. The number of nitrogens with zero attached hydrogens (tertiary/aromatic N) is 1. The van der Waals surface area contributed by atoms with Gasteiger partial charge in [0.05, 0.1) is 12.8 Å². The highest BCUT2D eigenvalue weighted by molar-refractivity contribution is 5.96. The zero-order valence-electron chi connectivity index (χ0n) is 15.2. The number of aliphatic carboxylic acids is 1. The van der Waals surface area contributed by atoms with Gasteiger partial charge in [0.2, 0.25) is 11.7 Å². The molecule has 1 aromatic carbocycles. The Morgan fingerprint density at radius 3 is 2.41 bits per heavy atom. The van der Waals surface area contributed by atoms with Gasteiger partial charge in [-0.05, 0) is 31.5 Å². The molecule has 9 heteroatoms. The SMILES string of the molecule is COc1ccc(C[C@H](NC(=O)[C@H](C)NC(=O)c2cc(C)no2)C(=O)O)cc1. The fourth-order valence-electron chi connectivity index (χ4n) is 2.30. The van der Waals surface area contributed by atoms with Crippen LogP contribution in [0.3, 0.4) is 0 Å². The van der Waals surface area contributed by atoms with Crippen LogP contribution in [-0.4, -0.2) is 47.2 Å². The van der Waals surface area contributed by atoms with Crippen molar-refractivity contribution in [3.05, 3.63) is 47.3 Å². The van der Waals surface area contributed by atoms with E-state index in [1.54, 1.807) is 31.2 Å². The van der Waals surface area contributed by atoms with Crippen LogP contribution in [0.4, 0.5) is 0 Å². The van der Waals surface area contributed by atoms with Crippen molar-refractivity contribution in [3.8, 4) is 5.75 Å². The third kappa shape index (κ3) is 5.56. The van der Waals surface area contributed by atoms with Crippen LogP contribution >= 0.6 is 0 Å². The van der Waals surface area contributed by atoms with E-state index in [2.05, 4.69) is 15.8 Å². The summed E-state index contributed by atoms with van der Waals surface area (Å²) < 4.78 is 9.88. The van der Waals surface area contributed by atoms with Crippen molar-refractivity contribution < 1.29 is 28.8 Å². The third-order valence-corrected chi connectivity index (χ3v) is 3.81. The summed E-state index contributed by atoms with van der Waals surface area (Å²) in [5.41, 5.74) is 1.25. The Labute approximate surface area is 155 Å². The van der Waals surface area contributed by atoms with Gasteiger partial charge in [-0.2, -0.15) is 0 Å². The average molecular weight is 375 g/mol. The highest BCUT2D eigenvalue weighted by atomic mass is 16.5. The molecule has 3 N–H and O–H groups in total. The lowest BCUT2D eigenvalue weighted by atomic mass is 10.1. The van der Waals surface area contributed by atoms with Gasteiger partial charge in [0.25, 0.3) is 5.91 Å². The lowest BCUT2D eigenvalue weighted by molar-refractivity contribution is -0.142. The van der Waals surface area contributed by atoms with Crippen LogP contribution < -0.4 is 15.4 Å². The molecular formula is C18H21N3O6. The number of carbonyl (C=O) groups excluding carboxylic acids is 2. The highest BCUT2D eigenvalue weighted by Crippen LogP contribution is 2.13. The van der Waals surface area contributed by atoms with Gasteiger partial charge in [0, 0.05) is 12.5 Å². The van der Waals surface area contributed by atoms with Gasteiger partial charge < -0.3 is 25.0 Å². The average Bonchev–Trinajstić information content (AvgIpc) is 3.08. The van der Waals surface area contributed by atoms with Crippen LogP contribution in [-0.2, 0) is 16.0 Å². The van der Waals surface area contributed by atoms with Crippen LogP contribution in [0.5, 0.6) is 5.75 Å². The van der Waals surface area contributed by atoms with E-state index in [1.165, 1.54) is 20.1 Å². The standard InChI is InChI=1S/C18H21N3O6/c1-10-8-15(27-21-10)17(23)19-11(2)16(22)20-14(18(24)25)9-12-4-6-13(26-3)7-5-12/h4-8,11,14H,9H2,1-3H3,(H,19,23)(H,20,22)(H,24,25)/t11-,14-/m0/s1. The van der Waals surface area contributed by atoms with Gasteiger partial charge >= 0.3 is 5.97 Å². The van der Waals surface area contributed by atoms with Gasteiger partial charge in [-0.1, -0.05) is 17.3 Å². The first-order valence-electron chi connectivity index (χ1n) is 8.20. The molecule has 1 heterocycles. The van der Waals surface area contributed by atoms with E-state index in [4.69, 9.17) is 9.26 Å². The number of aromatic nitrogens is 1. The first-order valence-corrected chi connectivity index (χ1v) is 8.20. The summed E-state index contributed by atoms with van der Waals surface area (Å²) in [7, 11) is 1.53. The van der Waals surface area contributed by atoms with Crippen molar-refractivity contribution in [3.63, 3.8) is 0 Å². The molecule has 0 saturated carbocycles. The van der Waals surface area contributed by atoms with Crippen molar-refractivity contribution in [1.82, 2.24) is 15.8 Å². The van der Waals surface area contributed by atoms with Crippen LogP contribution in [0.2, 0.25) is 0 Å². The molecule has 0 radical (unpaired) electrons. The number of benzene rings is 1. The predicted molar refractivity (Wildman–Crippen MR) is 94.4 cm³/mol. The number of amides is 2. The summed E-state index contributed by atoms with van der Waals surface area (Å²) in [6.45, 7) is 3.11. The number of carbonyl (C=O) groups is 3. The monoisotopic (exact) mass is 375 g/mol. The number of carboxylic acids is 1. The maximum absolute atomic E-state index is 12.3. The summed E-state index contributed by atoms with van der Waals surface area (Å²) in [5, 5.41) is 17.8. The number of hydrogen-bond acceptors (Lipinski definition) is 6. The van der Waals surface area contributed by atoms with E-state index in [9.17, 15) is 19.5 Å². The molecule has 0 spiro atoms. The molecular weight excluding hydrogens is 354 g/mol. The van der Waals surface area contributed by atoms with Crippen LogP contribution in [0.15, 0.2) is 34.9 Å². The van der Waals surface area contributed by atoms with Crippen molar-refractivity contribution >= 4 is 17.8 Å². The smallest absolute Gasteiger partial charge is 0.326 e. The van der Waals surface area contributed by atoms with E-state index >= 15 is 0 Å². The number of rotatable bonds is 8. The molecule has 0 fully saturated rings. The van der Waals surface area contributed by atoms with Crippen molar-refractivity contribution in [1.29, 1.82) is 0 Å². The highest BCUT2D eigenvalue weighted by Gasteiger charge is 2.25. The van der Waals surface area contributed by atoms with E-state index in [-0.39, 0.29) is 12.2 Å². The van der Waals surface area contributed by atoms with Crippen molar-refractivity contribution in [2.45, 2.75) is 32.4 Å². The minimum absolute atomic E-state index is 0.0276. The van der Waals surface area contributed by atoms with Gasteiger partial charge in [0.1, 0.15) is 17.8 Å². The van der Waals surface area contributed by atoms with E-state index < -0.39 is 29.9 Å². The molecule has 2 rings (SSSR count). The maximum Gasteiger partial charge on any atom is 0.326 e. The number of carboxylic acid groups (broad SMARTS) is 1. The Hall–Kier alpha value is -3.36. The Balaban J connectivity index is 1.96. The number of hydrogen-bond donors (Lipinski definition) is 3. The maximum atomic E-state index is 12.3. The first-order chi connectivity index (χ1) is 12.8. The Kier molecular flexibility index (Phi) is 6.53. The molecule has 1 aromatic heterocycles. The van der Waals surface area contributed by atoms with Crippen LogP contribution in [0.1, 0.15) is 28.7 Å². The minimum Gasteiger partial charge on any atom is -0.497 e. The molecule has 2 atom stereocenters.